The summed E-state index contributed by atoms with van der Waals surface area (Å²) in [6, 6.07) is 4.43. The maximum atomic E-state index is 12.1. The molecule has 0 saturated carbocycles. The van der Waals surface area contributed by atoms with Gasteiger partial charge in [0.15, 0.2) is 0 Å². The van der Waals surface area contributed by atoms with Crippen molar-refractivity contribution in [2.45, 2.75) is 44.6 Å². The first-order valence-corrected chi connectivity index (χ1v) is 7.80. The summed E-state index contributed by atoms with van der Waals surface area (Å²) in [5.41, 5.74) is 1.17. The molecule has 6 heteroatoms. The number of nitrogens with two attached hydrogens (primary N) is 1. The third kappa shape index (κ3) is 4.04. The Morgan fingerprint density at radius 2 is 2.00 bits per heavy atom. The molecule has 0 aliphatic carbocycles. The molecule has 1 rings (SSSR count). The summed E-state index contributed by atoms with van der Waals surface area (Å²) in [6.07, 6.45) is 1.45. The number of sulfonamides is 1. The van der Waals surface area contributed by atoms with Crippen molar-refractivity contribution >= 4 is 15.9 Å². The molecule has 0 saturated heterocycles. The SMILES string of the molecule is CCc1ccc(S(N)(=O)=O)cc1C(=O)NC(C)CC. The quantitative estimate of drug-likeness (QED) is 0.857. The van der Waals surface area contributed by atoms with E-state index in [4.69, 9.17) is 5.14 Å². The zero-order chi connectivity index (χ0) is 14.6. The van der Waals surface area contributed by atoms with Crippen molar-refractivity contribution in [3.8, 4) is 0 Å². The molecule has 0 heterocycles. The van der Waals surface area contributed by atoms with Crippen LogP contribution in [0.25, 0.3) is 0 Å². The Morgan fingerprint density at radius 1 is 1.37 bits per heavy atom. The van der Waals surface area contributed by atoms with E-state index in [1.807, 2.05) is 20.8 Å². The highest BCUT2D eigenvalue weighted by atomic mass is 32.2. The molecule has 1 aromatic rings. The lowest BCUT2D eigenvalue weighted by molar-refractivity contribution is 0.0938. The van der Waals surface area contributed by atoms with Crippen molar-refractivity contribution in [3.63, 3.8) is 0 Å². The van der Waals surface area contributed by atoms with Crippen molar-refractivity contribution in [1.29, 1.82) is 0 Å². The van der Waals surface area contributed by atoms with Gasteiger partial charge in [-0.15, -0.1) is 0 Å². The largest absolute Gasteiger partial charge is 0.350 e. The molecular formula is C13H20N2O3S. The maximum absolute atomic E-state index is 12.1. The molecule has 0 spiro atoms. The summed E-state index contributed by atoms with van der Waals surface area (Å²) in [5, 5.41) is 7.91. The summed E-state index contributed by atoms with van der Waals surface area (Å²) >= 11 is 0. The Balaban J connectivity index is 3.20. The van der Waals surface area contributed by atoms with Crippen molar-refractivity contribution < 1.29 is 13.2 Å². The van der Waals surface area contributed by atoms with E-state index < -0.39 is 10.0 Å². The third-order valence-corrected chi connectivity index (χ3v) is 3.94. The van der Waals surface area contributed by atoms with Gasteiger partial charge in [-0.25, -0.2) is 13.6 Å². The van der Waals surface area contributed by atoms with E-state index in [0.29, 0.717) is 12.0 Å². The van der Waals surface area contributed by atoms with Crippen LogP contribution in [0.1, 0.15) is 43.1 Å². The summed E-state index contributed by atoms with van der Waals surface area (Å²) < 4.78 is 22.7. The number of rotatable bonds is 5. The number of benzene rings is 1. The van der Waals surface area contributed by atoms with Crippen molar-refractivity contribution in [1.82, 2.24) is 5.32 Å². The average molecular weight is 284 g/mol. The molecule has 0 aliphatic rings. The topological polar surface area (TPSA) is 89.3 Å². The van der Waals surface area contributed by atoms with Crippen LogP contribution in [0.5, 0.6) is 0 Å². The van der Waals surface area contributed by atoms with Crippen molar-refractivity contribution in [2.75, 3.05) is 0 Å². The Hall–Kier alpha value is -1.40. The highest BCUT2D eigenvalue weighted by Gasteiger charge is 2.16. The van der Waals surface area contributed by atoms with Gasteiger partial charge in [-0.05, 0) is 37.5 Å². The monoisotopic (exact) mass is 284 g/mol. The first-order chi connectivity index (χ1) is 8.79. The molecule has 0 fully saturated rings. The molecule has 0 radical (unpaired) electrons. The molecule has 1 unspecified atom stereocenters. The van der Waals surface area contributed by atoms with Crippen LogP contribution in [-0.2, 0) is 16.4 Å². The van der Waals surface area contributed by atoms with Crippen molar-refractivity contribution in [3.05, 3.63) is 29.3 Å². The highest BCUT2D eigenvalue weighted by Crippen LogP contribution is 2.16. The minimum Gasteiger partial charge on any atom is -0.350 e. The van der Waals surface area contributed by atoms with Gasteiger partial charge in [-0.3, -0.25) is 4.79 Å². The van der Waals surface area contributed by atoms with E-state index in [9.17, 15) is 13.2 Å². The Morgan fingerprint density at radius 3 is 2.47 bits per heavy atom. The molecular weight excluding hydrogens is 264 g/mol. The fraction of sp³-hybridized carbons (Fsp3) is 0.462. The molecule has 1 atom stereocenters. The van der Waals surface area contributed by atoms with Gasteiger partial charge in [0.2, 0.25) is 10.0 Å². The van der Waals surface area contributed by atoms with Crippen LogP contribution >= 0.6 is 0 Å². The van der Waals surface area contributed by atoms with Gasteiger partial charge < -0.3 is 5.32 Å². The normalized spacial score (nSPS) is 13.1. The van der Waals surface area contributed by atoms with Crippen molar-refractivity contribution in [2.24, 2.45) is 5.14 Å². The molecule has 19 heavy (non-hydrogen) atoms. The van der Waals surface area contributed by atoms with E-state index in [2.05, 4.69) is 5.32 Å². The number of carbonyl (C=O) groups is 1. The van der Waals surface area contributed by atoms with Crippen LogP contribution in [0.15, 0.2) is 23.1 Å². The number of primary sulfonamides is 1. The molecule has 0 aliphatic heterocycles. The van der Waals surface area contributed by atoms with E-state index in [0.717, 1.165) is 12.0 Å². The van der Waals surface area contributed by atoms with E-state index >= 15 is 0 Å². The Kier molecular flexibility index (Phi) is 5.08. The van der Waals surface area contributed by atoms with Crippen LogP contribution in [0.4, 0.5) is 0 Å². The number of carbonyl (C=O) groups excluding carboxylic acids is 1. The van der Waals surface area contributed by atoms with E-state index in [1.54, 1.807) is 6.07 Å². The maximum Gasteiger partial charge on any atom is 0.251 e. The van der Waals surface area contributed by atoms with Gasteiger partial charge in [0, 0.05) is 11.6 Å². The molecule has 5 nitrogen and oxygen atoms in total. The zero-order valence-electron chi connectivity index (χ0n) is 11.4. The number of hydrogen-bond donors (Lipinski definition) is 2. The molecule has 0 bridgehead atoms. The number of hydrogen-bond acceptors (Lipinski definition) is 3. The fourth-order valence-corrected chi connectivity index (χ4v) is 2.20. The number of aryl methyl sites for hydroxylation is 1. The molecule has 1 aromatic carbocycles. The summed E-state index contributed by atoms with van der Waals surface area (Å²) in [7, 11) is -3.80. The predicted octanol–water partition coefficient (Wildman–Crippen LogP) is 1.42. The summed E-state index contributed by atoms with van der Waals surface area (Å²) in [6.45, 7) is 5.77. The lowest BCUT2D eigenvalue weighted by Crippen LogP contribution is -2.32. The Bertz CT molecular complexity index is 567. The first kappa shape index (κ1) is 15.7. The van der Waals surface area contributed by atoms with Crippen LogP contribution in [0.3, 0.4) is 0 Å². The second-order valence-corrected chi connectivity index (χ2v) is 6.06. The van der Waals surface area contributed by atoms with Gasteiger partial charge in [-0.2, -0.15) is 0 Å². The average Bonchev–Trinajstić information content (AvgIpc) is 2.36. The highest BCUT2D eigenvalue weighted by molar-refractivity contribution is 7.89. The fourth-order valence-electron chi connectivity index (χ4n) is 1.66. The summed E-state index contributed by atoms with van der Waals surface area (Å²) in [5.74, 6) is -0.267. The lowest BCUT2D eigenvalue weighted by atomic mass is 10.0. The lowest BCUT2D eigenvalue weighted by Gasteiger charge is -2.14. The molecule has 3 N–H and O–H groups in total. The number of amides is 1. The van der Waals surface area contributed by atoms with Crippen LogP contribution in [0, 0.1) is 0 Å². The van der Waals surface area contributed by atoms with Crippen LogP contribution in [0.2, 0.25) is 0 Å². The third-order valence-electron chi connectivity index (χ3n) is 3.03. The van der Waals surface area contributed by atoms with Gasteiger partial charge in [0.1, 0.15) is 0 Å². The smallest absolute Gasteiger partial charge is 0.251 e. The first-order valence-electron chi connectivity index (χ1n) is 6.26. The van der Waals surface area contributed by atoms with Crippen LogP contribution in [-0.4, -0.2) is 20.4 Å². The minimum absolute atomic E-state index is 0.0374. The molecule has 106 valence electrons. The minimum atomic E-state index is -3.80. The van der Waals surface area contributed by atoms with Gasteiger partial charge in [0.05, 0.1) is 4.90 Å². The Labute approximate surface area is 114 Å². The summed E-state index contributed by atoms with van der Waals surface area (Å²) in [4.78, 5) is 12.1. The van der Waals surface area contributed by atoms with E-state index in [-0.39, 0.29) is 16.8 Å². The predicted molar refractivity (Wildman–Crippen MR) is 74.4 cm³/mol. The standard InChI is InChI=1S/C13H20N2O3S/c1-4-9(3)15-13(16)12-8-11(19(14,17)18)7-6-10(12)5-2/h6-9H,4-5H2,1-3H3,(H,15,16)(H2,14,17,18). The van der Waals surface area contributed by atoms with Gasteiger partial charge in [-0.1, -0.05) is 19.9 Å². The van der Waals surface area contributed by atoms with Crippen LogP contribution < -0.4 is 10.5 Å². The second-order valence-electron chi connectivity index (χ2n) is 4.50. The van der Waals surface area contributed by atoms with Gasteiger partial charge in [0.25, 0.3) is 5.91 Å². The van der Waals surface area contributed by atoms with E-state index in [1.165, 1.54) is 12.1 Å². The van der Waals surface area contributed by atoms with Gasteiger partial charge >= 0.3 is 0 Å². The molecule has 1 amide bonds. The second kappa shape index (κ2) is 6.16. The number of nitrogens with one attached hydrogen (secondary N) is 1. The molecule has 0 aromatic heterocycles. The zero-order valence-corrected chi connectivity index (χ0v) is 12.3.